The third kappa shape index (κ3) is 6.61. The number of sulfonamides is 1. The largest absolute Gasteiger partial charge is 0.457 e. The lowest BCUT2D eigenvalue weighted by atomic mass is 9.84. The average molecular weight is 522 g/mol. The molecule has 0 aliphatic carbocycles. The molecule has 0 heterocycles. The molecule has 0 amide bonds. The Morgan fingerprint density at radius 3 is 1.92 bits per heavy atom. The van der Waals surface area contributed by atoms with E-state index in [2.05, 4.69) is 37.6 Å². The van der Waals surface area contributed by atoms with Gasteiger partial charge in [0.2, 0.25) is 0 Å². The van der Waals surface area contributed by atoms with Crippen LogP contribution in [-0.4, -0.2) is 14.4 Å². The predicted octanol–water partition coefficient (Wildman–Crippen LogP) is 7.36. The second kappa shape index (κ2) is 10.3. The van der Waals surface area contributed by atoms with E-state index in [1.54, 1.807) is 37.3 Å². The smallest absolute Gasteiger partial charge is 0.340 e. The molecule has 1 N–H and O–H groups in total. The number of aryl methyl sites for hydroxylation is 3. The summed E-state index contributed by atoms with van der Waals surface area (Å²) in [5, 5.41) is 0. The van der Waals surface area contributed by atoms with Crippen LogP contribution < -0.4 is 4.72 Å². The molecule has 6 heteroatoms. The van der Waals surface area contributed by atoms with Crippen molar-refractivity contribution in [2.24, 2.45) is 0 Å². The fourth-order valence-corrected chi connectivity index (χ4v) is 5.53. The molecule has 3 aromatic carbocycles. The summed E-state index contributed by atoms with van der Waals surface area (Å²) in [5.41, 5.74) is 5.99. The van der Waals surface area contributed by atoms with Gasteiger partial charge in [-0.3, -0.25) is 4.72 Å². The molecule has 0 bridgehead atoms. The minimum atomic E-state index is -3.94. The third-order valence-electron chi connectivity index (χ3n) is 6.64. The Morgan fingerprint density at radius 1 is 0.784 bits per heavy atom. The van der Waals surface area contributed by atoms with Gasteiger partial charge in [-0.05, 0) is 83.2 Å². The molecule has 0 aliphatic heterocycles. The molecule has 0 atom stereocenters. The summed E-state index contributed by atoms with van der Waals surface area (Å²) in [5.74, 6) is -0.586. The molecule has 37 heavy (non-hydrogen) atoms. The molecule has 0 unspecified atom stereocenters. The number of carbonyl (C=O) groups is 1. The number of carbonyl (C=O) groups excluding carboxylic acids is 1. The summed E-state index contributed by atoms with van der Waals surface area (Å²) in [7, 11) is -3.94. The standard InChI is InChI=1S/C31H39NO4S/c1-20-14-15-23(30(4,5)6)18-28(20)37(34,35)32-27-13-11-10-12-25(27)29(33)36-19-26-21(2)16-24(17-22(26)3)31(7,8)9/h10-18,32H,19H2,1-9H3. The van der Waals surface area contributed by atoms with Gasteiger partial charge in [-0.15, -0.1) is 0 Å². The van der Waals surface area contributed by atoms with Crippen LogP contribution >= 0.6 is 0 Å². The number of ether oxygens (including phenoxy) is 1. The van der Waals surface area contributed by atoms with Gasteiger partial charge in [0.05, 0.1) is 16.1 Å². The molecule has 3 aromatic rings. The Labute approximate surface area is 222 Å². The van der Waals surface area contributed by atoms with Crippen LogP contribution in [-0.2, 0) is 32.2 Å². The van der Waals surface area contributed by atoms with Crippen LogP contribution in [0, 0.1) is 20.8 Å². The van der Waals surface area contributed by atoms with Crippen molar-refractivity contribution in [2.45, 2.75) is 84.6 Å². The Balaban J connectivity index is 1.87. The van der Waals surface area contributed by atoms with E-state index >= 15 is 0 Å². The van der Waals surface area contributed by atoms with Gasteiger partial charge in [0.1, 0.15) is 6.61 Å². The normalized spacial score (nSPS) is 12.4. The van der Waals surface area contributed by atoms with Crippen molar-refractivity contribution >= 4 is 21.7 Å². The minimum absolute atomic E-state index is 0.0194. The van der Waals surface area contributed by atoms with Crippen LogP contribution in [0.15, 0.2) is 59.5 Å². The quantitative estimate of drug-likeness (QED) is 0.344. The van der Waals surface area contributed by atoms with Crippen molar-refractivity contribution in [1.82, 2.24) is 0 Å². The highest BCUT2D eigenvalue weighted by atomic mass is 32.2. The molecule has 0 radical (unpaired) electrons. The molecular weight excluding hydrogens is 482 g/mol. The van der Waals surface area contributed by atoms with Crippen molar-refractivity contribution in [3.8, 4) is 0 Å². The minimum Gasteiger partial charge on any atom is -0.457 e. The molecule has 3 rings (SSSR count). The number of hydrogen-bond donors (Lipinski definition) is 1. The average Bonchev–Trinajstić information content (AvgIpc) is 2.77. The van der Waals surface area contributed by atoms with Gasteiger partial charge in [0.25, 0.3) is 10.0 Å². The van der Waals surface area contributed by atoms with Gasteiger partial charge in [0.15, 0.2) is 0 Å². The van der Waals surface area contributed by atoms with E-state index in [4.69, 9.17) is 4.74 Å². The fourth-order valence-electron chi connectivity index (χ4n) is 4.18. The Morgan fingerprint density at radius 2 is 1.35 bits per heavy atom. The van der Waals surface area contributed by atoms with E-state index in [1.165, 1.54) is 5.56 Å². The van der Waals surface area contributed by atoms with Crippen LogP contribution in [0.3, 0.4) is 0 Å². The lowest BCUT2D eigenvalue weighted by Crippen LogP contribution is -2.19. The van der Waals surface area contributed by atoms with Gasteiger partial charge in [-0.2, -0.15) is 0 Å². The zero-order valence-corrected chi connectivity index (χ0v) is 24.3. The van der Waals surface area contributed by atoms with Crippen LogP contribution in [0.25, 0.3) is 0 Å². The highest BCUT2D eigenvalue weighted by Gasteiger charge is 2.24. The number of nitrogens with one attached hydrogen (secondary N) is 1. The lowest BCUT2D eigenvalue weighted by molar-refractivity contribution is 0.0472. The lowest BCUT2D eigenvalue weighted by Gasteiger charge is -2.22. The van der Waals surface area contributed by atoms with E-state index in [1.807, 2.05) is 46.8 Å². The number of para-hydroxylation sites is 1. The monoisotopic (exact) mass is 521 g/mol. The highest BCUT2D eigenvalue weighted by molar-refractivity contribution is 7.92. The zero-order valence-electron chi connectivity index (χ0n) is 23.4. The molecule has 198 valence electrons. The van der Waals surface area contributed by atoms with Crippen molar-refractivity contribution < 1.29 is 17.9 Å². The fraction of sp³-hybridized carbons (Fsp3) is 0.387. The second-order valence-corrected chi connectivity index (χ2v) is 13.4. The number of anilines is 1. The summed E-state index contributed by atoms with van der Waals surface area (Å²) in [6.07, 6.45) is 0. The molecule has 0 spiro atoms. The van der Waals surface area contributed by atoms with Crippen molar-refractivity contribution in [2.75, 3.05) is 4.72 Å². The first-order chi connectivity index (χ1) is 17.0. The molecule has 0 saturated heterocycles. The van der Waals surface area contributed by atoms with Crippen LogP contribution in [0.4, 0.5) is 5.69 Å². The van der Waals surface area contributed by atoms with E-state index < -0.39 is 16.0 Å². The van der Waals surface area contributed by atoms with Gasteiger partial charge in [-0.1, -0.05) is 77.9 Å². The van der Waals surface area contributed by atoms with Crippen LogP contribution in [0.5, 0.6) is 0 Å². The van der Waals surface area contributed by atoms with E-state index in [-0.39, 0.29) is 33.6 Å². The Kier molecular flexibility index (Phi) is 7.94. The SMILES string of the molecule is Cc1ccc(C(C)(C)C)cc1S(=O)(=O)Nc1ccccc1C(=O)OCc1c(C)cc(C(C)(C)C)cc1C. The Bertz CT molecular complexity index is 1400. The van der Waals surface area contributed by atoms with Gasteiger partial charge in [-0.25, -0.2) is 13.2 Å². The van der Waals surface area contributed by atoms with Crippen molar-refractivity contribution in [1.29, 1.82) is 0 Å². The maximum atomic E-state index is 13.4. The van der Waals surface area contributed by atoms with E-state index in [9.17, 15) is 13.2 Å². The maximum absolute atomic E-state index is 13.4. The molecule has 0 aromatic heterocycles. The molecule has 0 fully saturated rings. The summed E-state index contributed by atoms with van der Waals surface area (Å²) in [6, 6.07) is 16.2. The molecule has 5 nitrogen and oxygen atoms in total. The van der Waals surface area contributed by atoms with Crippen LogP contribution in [0.2, 0.25) is 0 Å². The number of esters is 1. The molecule has 0 aliphatic rings. The first-order valence-corrected chi connectivity index (χ1v) is 14.0. The van der Waals surface area contributed by atoms with Gasteiger partial charge in [0, 0.05) is 0 Å². The predicted molar refractivity (Wildman–Crippen MR) is 151 cm³/mol. The number of rotatable bonds is 6. The highest BCUT2D eigenvalue weighted by Crippen LogP contribution is 2.30. The summed E-state index contributed by atoms with van der Waals surface area (Å²) in [4.78, 5) is 13.3. The van der Waals surface area contributed by atoms with Crippen LogP contribution in [0.1, 0.15) is 85.3 Å². The topological polar surface area (TPSA) is 72.5 Å². The van der Waals surface area contributed by atoms with E-state index in [0.29, 0.717) is 5.56 Å². The van der Waals surface area contributed by atoms with Gasteiger partial charge < -0.3 is 4.74 Å². The summed E-state index contributed by atoms with van der Waals surface area (Å²) >= 11 is 0. The maximum Gasteiger partial charge on any atom is 0.340 e. The Hall–Kier alpha value is -3.12. The first-order valence-electron chi connectivity index (χ1n) is 12.5. The van der Waals surface area contributed by atoms with Gasteiger partial charge >= 0.3 is 5.97 Å². The third-order valence-corrected chi connectivity index (χ3v) is 8.15. The zero-order chi connectivity index (χ0) is 27.8. The summed E-state index contributed by atoms with van der Waals surface area (Å²) in [6.45, 7) is 18.5. The molecular formula is C31H39NO4S. The number of benzene rings is 3. The molecule has 0 saturated carbocycles. The second-order valence-electron chi connectivity index (χ2n) is 11.8. The van der Waals surface area contributed by atoms with Crippen molar-refractivity contribution in [3.05, 3.63) is 93.5 Å². The number of hydrogen-bond acceptors (Lipinski definition) is 4. The van der Waals surface area contributed by atoms with E-state index in [0.717, 1.165) is 22.3 Å². The first kappa shape index (κ1) is 28.5. The summed E-state index contributed by atoms with van der Waals surface area (Å²) < 4.78 is 35.1. The van der Waals surface area contributed by atoms with Crippen molar-refractivity contribution in [3.63, 3.8) is 0 Å².